The molecule has 3 fully saturated rings. The van der Waals surface area contributed by atoms with Crippen molar-refractivity contribution in [2.45, 2.75) is 42.5 Å². The van der Waals surface area contributed by atoms with E-state index in [1.54, 1.807) is 32.7 Å². The van der Waals surface area contributed by atoms with Gasteiger partial charge in [-0.1, -0.05) is 43.4 Å². The molecular weight excluding hydrogens is 488 g/mol. The van der Waals surface area contributed by atoms with Gasteiger partial charge in [-0.05, 0) is 36.2 Å². The number of carbonyl (C=O) groups is 3. The molecule has 2 aliphatic heterocycles. The third kappa shape index (κ3) is 3.05. The van der Waals surface area contributed by atoms with Crippen LogP contribution in [-0.4, -0.2) is 51.2 Å². The number of aliphatic carboxylic acids is 1. The highest BCUT2D eigenvalue weighted by atomic mass is 32.2. The van der Waals surface area contributed by atoms with Crippen LogP contribution in [0.1, 0.15) is 36.6 Å². The lowest BCUT2D eigenvalue weighted by Gasteiger charge is -2.43. The molecule has 3 heterocycles. The van der Waals surface area contributed by atoms with Crippen LogP contribution in [0.4, 0.5) is 0 Å². The summed E-state index contributed by atoms with van der Waals surface area (Å²) in [6.45, 7) is 3.45. The number of ether oxygens (including phenoxy) is 1. The van der Waals surface area contributed by atoms with Crippen molar-refractivity contribution in [2.75, 3.05) is 7.11 Å². The Morgan fingerprint density at radius 1 is 1.14 bits per heavy atom. The molecule has 1 aromatic heterocycles. The van der Waals surface area contributed by atoms with Gasteiger partial charge in [-0.25, -0.2) is 4.79 Å². The maximum atomic E-state index is 13.7. The number of thioether (sulfide) groups is 1. The van der Waals surface area contributed by atoms with Gasteiger partial charge in [-0.2, -0.15) is 0 Å². The Bertz CT molecular complexity index is 1300. The highest BCUT2D eigenvalue weighted by molar-refractivity contribution is 8.00. The first-order valence-corrected chi connectivity index (χ1v) is 13.6. The first-order valence-electron chi connectivity index (χ1n) is 11.9. The number of nitrogens with one attached hydrogen (secondary N) is 1. The number of hydrogen-bond donors (Lipinski definition) is 2. The predicted molar refractivity (Wildman–Crippen MR) is 130 cm³/mol. The minimum Gasteiger partial charge on any atom is -0.496 e. The zero-order valence-electron chi connectivity index (χ0n) is 19.5. The van der Waals surface area contributed by atoms with E-state index in [9.17, 15) is 24.3 Å². The van der Waals surface area contributed by atoms with Crippen molar-refractivity contribution in [3.8, 4) is 5.75 Å². The molecule has 8 atom stereocenters. The molecule has 2 aromatic rings. The highest BCUT2D eigenvalue weighted by Gasteiger charge is 2.70. The fourth-order valence-electron chi connectivity index (χ4n) is 7.28. The summed E-state index contributed by atoms with van der Waals surface area (Å²) in [5.74, 6) is -2.69. The number of para-hydroxylation sites is 1. The van der Waals surface area contributed by atoms with E-state index in [1.807, 2.05) is 24.3 Å². The number of carboxylic acids is 1. The van der Waals surface area contributed by atoms with Crippen LogP contribution in [0.2, 0.25) is 0 Å². The molecule has 8 nitrogen and oxygen atoms in total. The molecule has 2 bridgehead atoms. The molecule has 1 aromatic carbocycles. The van der Waals surface area contributed by atoms with Crippen molar-refractivity contribution >= 4 is 40.9 Å². The summed E-state index contributed by atoms with van der Waals surface area (Å²) < 4.78 is 5.69. The summed E-state index contributed by atoms with van der Waals surface area (Å²) in [7, 11) is 1.63. The number of H-pyrrole nitrogens is 1. The SMILES string of the molecule is COc1ccccc1[C@H]1c2sc(=O)[nH]c2SC2C3CC(C4C(=O)N(C(C(=O)O)C(C)C)C(=O)C34)C21. The molecule has 0 spiro atoms. The van der Waals surface area contributed by atoms with Crippen LogP contribution >= 0.6 is 23.1 Å². The summed E-state index contributed by atoms with van der Waals surface area (Å²) in [6, 6.07) is 6.62. The van der Waals surface area contributed by atoms with Crippen LogP contribution in [0.25, 0.3) is 0 Å². The first-order chi connectivity index (χ1) is 16.7. The zero-order chi connectivity index (χ0) is 24.8. The molecule has 10 heteroatoms. The van der Waals surface area contributed by atoms with Crippen LogP contribution in [0.5, 0.6) is 5.75 Å². The first kappa shape index (κ1) is 22.8. The van der Waals surface area contributed by atoms with Gasteiger partial charge in [0.1, 0.15) is 11.8 Å². The normalized spacial score (nSPS) is 33.6. The standard InChI is InChI=1S/C25H26N2O6S2/c1-9(2)18(24(30)31)27-22(28)16-11-8-12(17(16)23(27)29)19-15(11)14(10-6-4-5-7-13(10)33-3)20-21(34-19)26-25(32)35-20/h4-7,9,11-12,14-19H,8H2,1-3H3,(H,26,32)(H,30,31)/t11?,12?,14-,15?,16?,17?,18?,19?/m1/s1. The second-order valence-electron chi connectivity index (χ2n) is 10.3. The van der Waals surface area contributed by atoms with Gasteiger partial charge in [0.05, 0.1) is 24.0 Å². The van der Waals surface area contributed by atoms with Gasteiger partial charge in [0.25, 0.3) is 0 Å². The van der Waals surface area contributed by atoms with Gasteiger partial charge >= 0.3 is 10.8 Å². The molecular formula is C25H26N2O6S2. The molecule has 0 radical (unpaired) electrons. The van der Waals surface area contributed by atoms with Gasteiger partial charge in [-0.3, -0.25) is 19.3 Å². The number of benzene rings is 1. The largest absolute Gasteiger partial charge is 0.496 e. The molecule has 4 aliphatic rings. The maximum absolute atomic E-state index is 13.7. The second kappa shape index (κ2) is 7.96. The van der Waals surface area contributed by atoms with Crippen LogP contribution in [0, 0.1) is 35.5 Å². The van der Waals surface area contributed by atoms with Gasteiger partial charge in [0, 0.05) is 21.6 Å². The average Bonchev–Trinajstić information content (AvgIpc) is 3.54. The van der Waals surface area contributed by atoms with Crippen LogP contribution < -0.4 is 9.61 Å². The Morgan fingerprint density at radius 2 is 1.83 bits per heavy atom. The molecule has 6 rings (SSSR count). The van der Waals surface area contributed by atoms with Crippen molar-refractivity contribution in [3.63, 3.8) is 0 Å². The number of thiazole rings is 1. The van der Waals surface area contributed by atoms with Crippen molar-refractivity contribution in [1.29, 1.82) is 0 Å². The summed E-state index contributed by atoms with van der Waals surface area (Å²) in [4.78, 5) is 56.5. The van der Waals surface area contributed by atoms with E-state index in [1.165, 1.54) is 11.3 Å². The Morgan fingerprint density at radius 3 is 2.49 bits per heavy atom. The number of rotatable bonds is 5. The summed E-state index contributed by atoms with van der Waals surface area (Å²) in [5, 5.41) is 10.7. The van der Waals surface area contributed by atoms with Gasteiger partial charge < -0.3 is 14.8 Å². The molecule has 2 amide bonds. The fraction of sp³-hybridized carbons (Fsp3) is 0.520. The maximum Gasteiger partial charge on any atom is 0.327 e. The summed E-state index contributed by atoms with van der Waals surface area (Å²) >= 11 is 2.81. The topological polar surface area (TPSA) is 117 Å². The minimum absolute atomic E-state index is 0.0422. The number of aromatic amines is 1. The lowest BCUT2D eigenvalue weighted by atomic mass is 9.68. The van der Waals surface area contributed by atoms with Gasteiger partial charge in [0.2, 0.25) is 11.8 Å². The average molecular weight is 515 g/mol. The number of aromatic nitrogens is 1. The lowest BCUT2D eigenvalue weighted by molar-refractivity contribution is -0.157. The van der Waals surface area contributed by atoms with E-state index in [0.717, 1.165) is 32.5 Å². The molecule has 184 valence electrons. The van der Waals surface area contributed by atoms with Crippen LogP contribution in [0.3, 0.4) is 0 Å². The third-order valence-electron chi connectivity index (χ3n) is 8.39. The van der Waals surface area contributed by atoms with Crippen molar-refractivity contribution in [3.05, 3.63) is 44.4 Å². The number of carboxylic acid groups (broad SMARTS) is 1. The van der Waals surface area contributed by atoms with E-state index in [2.05, 4.69) is 4.98 Å². The fourth-order valence-corrected chi connectivity index (χ4v) is 10.2. The molecule has 2 aliphatic carbocycles. The Balaban J connectivity index is 1.46. The van der Waals surface area contributed by atoms with Crippen molar-refractivity contribution < 1.29 is 24.2 Å². The molecule has 1 saturated heterocycles. The van der Waals surface area contributed by atoms with E-state index in [4.69, 9.17) is 4.74 Å². The monoisotopic (exact) mass is 514 g/mol. The van der Waals surface area contributed by atoms with E-state index in [0.29, 0.717) is 0 Å². The molecule has 2 saturated carbocycles. The Kier molecular flexibility index (Phi) is 5.20. The smallest absolute Gasteiger partial charge is 0.327 e. The van der Waals surface area contributed by atoms with Crippen molar-refractivity contribution in [1.82, 2.24) is 9.88 Å². The number of carbonyl (C=O) groups excluding carboxylic acids is 2. The van der Waals surface area contributed by atoms with Crippen molar-refractivity contribution in [2.24, 2.45) is 35.5 Å². The Labute approximate surface area is 210 Å². The summed E-state index contributed by atoms with van der Waals surface area (Å²) in [5.41, 5.74) is 0.977. The summed E-state index contributed by atoms with van der Waals surface area (Å²) in [6.07, 6.45) is 0.757. The Hall–Kier alpha value is -2.59. The molecule has 35 heavy (non-hydrogen) atoms. The quantitative estimate of drug-likeness (QED) is 0.589. The number of likely N-dealkylation sites (tertiary alicyclic amines) is 1. The lowest BCUT2D eigenvalue weighted by Crippen LogP contribution is -2.49. The number of hydrogen-bond acceptors (Lipinski definition) is 7. The van der Waals surface area contributed by atoms with Crippen LogP contribution in [-0.2, 0) is 14.4 Å². The zero-order valence-corrected chi connectivity index (χ0v) is 21.1. The number of methoxy groups -OCH3 is 1. The van der Waals surface area contributed by atoms with E-state index < -0.39 is 23.8 Å². The van der Waals surface area contributed by atoms with Gasteiger partial charge in [-0.15, -0.1) is 11.8 Å². The number of imide groups is 1. The highest BCUT2D eigenvalue weighted by Crippen LogP contribution is 2.69. The number of nitrogens with zero attached hydrogens (tertiary/aromatic N) is 1. The van der Waals surface area contributed by atoms with Gasteiger partial charge in [0.15, 0.2) is 0 Å². The number of fused-ring (bicyclic) bond motifs is 9. The minimum atomic E-state index is -1.15. The second-order valence-corrected chi connectivity index (χ2v) is 12.5. The third-order valence-corrected chi connectivity index (χ3v) is 11.0. The van der Waals surface area contributed by atoms with E-state index in [-0.39, 0.29) is 51.5 Å². The number of amides is 2. The predicted octanol–water partition coefficient (Wildman–Crippen LogP) is 3.03. The molecule has 7 unspecified atom stereocenters. The van der Waals surface area contributed by atoms with E-state index >= 15 is 0 Å². The molecule has 2 N–H and O–H groups in total. The van der Waals surface area contributed by atoms with Crippen LogP contribution in [0.15, 0.2) is 34.1 Å².